The number of allylic oxidation sites excluding steroid dienone is 1. The number of aromatic nitrogens is 1. The number of hydrogen-bond acceptors (Lipinski definition) is 12. The monoisotopic (exact) mass is 826 g/mol. The first-order chi connectivity index (χ1) is 29.2. The maximum atomic E-state index is 13.8. The SMILES string of the molecule is C=CCO[C@@]12Oc3ccc(OCc4cccc(C)n4)cc3[C@H]3[C@H](CCCCO)[C@@H](CCCCO)C=C(C(=NOCc4ccc([N+](=O)[O-])cc4)C[C@@H]1N(CCC)C(=O)OC)[C@H]32. The number of carbonyl (C=O) groups excluding carboxylic acids is 1. The number of aliphatic hydroxyl groups excluding tert-OH is 2. The molecule has 0 radical (unpaired) electrons. The quantitative estimate of drug-likeness (QED) is 0.0459. The van der Waals surface area contributed by atoms with Crippen LogP contribution in [0.5, 0.6) is 11.5 Å². The molecule has 2 heterocycles. The number of fused-ring (bicyclic) bond motifs is 2. The highest BCUT2D eigenvalue weighted by molar-refractivity contribution is 6.03. The predicted molar refractivity (Wildman–Crippen MR) is 226 cm³/mol. The molecule has 1 saturated carbocycles. The third-order valence-electron chi connectivity index (χ3n) is 11.8. The van der Waals surface area contributed by atoms with Crippen molar-refractivity contribution in [3.8, 4) is 11.5 Å². The highest BCUT2D eigenvalue weighted by atomic mass is 16.7. The lowest BCUT2D eigenvalue weighted by Crippen LogP contribution is -2.70. The van der Waals surface area contributed by atoms with Crippen LogP contribution in [0.3, 0.4) is 0 Å². The molecule has 0 bridgehead atoms. The van der Waals surface area contributed by atoms with Crippen molar-refractivity contribution >= 4 is 17.5 Å². The Balaban J connectivity index is 1.53. The largest absolute Gasteiger partial charge is 0.487 e. The van der Waals surface area contributed by atoms with Gasteiger partial charge in [0, 0.05) is 55.5 Å². The van der Waals surface area contributed by atoms with E-state index in [1.54, 1.807) is 23.1 Å². The van der Waals surface area contributed by atoms with Crippen molar-refractivity contribution in [2.24, 2.45) is 22.9 Å². The normalized spacial score (nSPS) is 23.4. The van der Waals surface area contributed by atoms with Gasteiger partial charge in [-0.2, -0.15) is 0 Å². The van der Waals surface area contributed by atoms with E-state index < -0.39 is 28.8 Å². The number of nitro groups is 1. The van der Waals surface area contributed by atoms with E-state index in [4.69, 9.17) is 28.9 Å². The minimum absolute atomic E-state index is 0.0213. The molecule has 0 saturated heterocycles. The zero-order valence-electron chi connectivity index (χ0n) is 34.9. The summed E-state index contributed by atoms with van der Waals surface area (Å²) in [5.41, 5.74) is 4.84. The third kappa shape index (κ3) is 9.83. The van der Waals surface area contributed by atoms with Crippen molar-refractivity contribution in [3.05, 3.63) is 118 Å². The van der Waals surface area contributed by atoms with Crippen molar-refractivity contribution in [1.82, 2.24) is 9.88 Å². The summed E-state index contributed by atoms with van der Waals surface area (Å²) in [6.45, 7) is 8.89. The van der Waals surface area contributed by atoms with Crippen molar-refractivity contribution < 1.29 is 43.7 Å². The number of aliphatic hydroxyl groups is 2. The molecule has 1 fully saturated rings. The van der Waals surface area contributed by atoms with Gasteiger partial charge in [0.15, 0.2) is 0 Å². The number of carbonyl (C=O) groups is 1. The molecule has 0 spiro atoms. The minimum Gasteiger partial charge on any atom is -0.487 e. The maximum absolute atomic E-state index is 13.8. The number of amides is 1. The van der Waals surface area contributed by atoms with Crippen LogP contribution in [0.25, 0.3) is 0 Å². The average molecular weight is 827 g/mol. The summed E-state index contributed by atoms with van der Waals surface area (Å²) in [5.74, 6) is -0.818. The molecule has 14 heteroatoms. The number of methoxy groups -OCH3 is 1. The first kappa shape index (κ1) is 44.2. The van der Waals surface area contributed by atoms with E-state index in [1.165, 1.54) is 19.2 Å². The first-order valence-electron chi connectivity index (χ1n) is 21.0. The summed E-state index contributed by atoms with van der Waals surface area (Å²) < 4.78 is 26.0. The second kappa shape index (κ2) is 20.8. The van der Waals surface area contributed by atoms with Crippen LogP contribution in [0.4, 0.5) is 10.5 Å². The number of rotatable bonds is 21. The number of pyridine rings is 1. The van der Waals surface area contributed by atoms with Crippen molar-refractivity contribution in [2.45, 2.75) is 96.2 Å². The third-order valence-corrected chi connectivity index (χ3v) is 11.8. The van der Waals surface area contributed by atoms with Crippen LogP contribution in [0, 0.1) is 34.8 Å². The van der Waals surface area contributed by atoms with E-state index in [1.807, 2.05) is 44.2 Å². The van der Waals surface area contributed by atoms with Gasteiger partial charge < -0.3 is 34.0 Å². The fourth-order valence-electron chi connectivity index (χ4n) is 9.21. The molecule has 1 amide bonds. The number of non-ortho nitro benzene ring substituents is 1. The van der Waals surface area contributed by atoms with Gasteiger partial charge in [0.2, 0.25) is 5.79 Å². The van der Waals surface area contributed by atoms with Gasteiger partial charge >= 0.3 is 6.09 Å². The van der Waals surface area contributed by atoms with Crippen LogP contribution in [0.1, 0.15) is 86.7 Å². The zero-order chi connectivity index (χ0) is 42.6. The number of aryl methyl sites for hydroxylation is 1. The second-order valence-corrected chi connectivity index (χ2v) is 15.7. The Morgan fingerprint density at radius 1 is 1.08 bits per heavy atom. The molecule has 2 aliphatic carbocycles. The van der Waals surface area contributed by atoms with Crippen LogP contribution >= 0.6 is 0 Å². The van der Waals surface area contributed by atoms with Crippen molar-refractivity contribution in [1.29, 1.82) is 0 Å². The van der Waals surface area contributed by atoms with Crippen molar-refractivity contribution in [2.75, 3.05) is 33.5 Å². The Bertz CT molecular complexity index is 2000. The Hall–Kier alpha value is -5.31. The van der Waals surface area contributed by atoms with Crippen LogP contribution in [-0.2, 0) is 27.5 Å². The molecule has 60 heavy (non-hydrogen) atoms. The summed E-state index contributed by atoms with van der Waals surface area (Å²) in [4.78, 5) is 37.1. The Kier molecular flexibility index (Phi) is 15.3. The average Bonchev–Trinajstić information content (AvgIpc) is 3.25. The van der Waals surface area contributed by atoms with E-state index in [2.05, 4.69) is 23.7 Å². The van der Waals surface area contributed by atoms with Gasteiger partial charge in [-0.15, -0.1) is 6.58 Å². The van der Waals surface area contributed by atoms with E-state index >= 15 is 0 Å². The molecule has 1 aliphatic heterocycles. The number of unbranched alkanes of at least 4 members (excludes halogenated alkanes) is 2. The van der Waals surface area contributed by atoms with Gasteiger partial charge in [0.1, 0.15) is 30.8 Å². The Morgan fingerprint density at radius 3 is 2.53 bits per heavy atom. The van der Waals surface area contributed by atoms with Crippen LogP contribution in [0.2, 0.25) is 0 Å². The summed E-state index contributed by atoms with van der Waals surface area (Å²) in [6, 6.07) is 17.1. The maximum Gasteiger partial charge on any atom is 0.409 e. The van der Waals surface area contributed by atoms with Crippen LogP contribution in [0.15, 0.2) is 90.1 Å². The first-order valence-corrected chi connectivity index (χ1v) is 21.0. The highest BCUT2D eigenvalue weighted by Gasteiger charge is 2.65. The number of benzene rings is 2. The van der Waals surface area contributed by atoms with E-state index in [0.717, 1.165) is 48.2 Å². The molecule has 14 nitrogen and oxygen atoms in total. The summed E-state index contributed by atoms with van der Waals surface area (Å²) in [5, 5.41) is 35.9. The lowest BCUT2D eigenvalue weighted by atomic mass is 9.55. The molecule has 2 N–H and O–H groups in total. The smallest absolute Gasteiger partial charge is 0.409 e. The molecule has 3 aromatic rings. The Labute approximate surface area is 352 Å². The number of hydrogen-bond donors (Lipinski definition) is 2. The van der Waals surface area contributed by atoms with Crippen molar-refractivity contribution in [3.63, 3.8) is 0 Å². The predicted octanol–water partition coefficient (Wildman–Crippen LogP) is 8.19. The zero-order valence-corrected chi connectivity index (χ0v) is 34.9. The molecular formula is C46H58N4O10. The van der Waals surface area contributed by atoms with Crippen LogP contribution in [-0.4, -0.2) is 82.1 Å². The number of ether oxygens (including phenoxy) is 4. The molecule has 6 atom stereocenters. The van der Waals surface area contributed by atoms with Gasteiger partial charge in [-0.1, -0.05) is 43.1 Å². The van der Waals surface area contributed by atoms with Gasteiger partial charge in [-0.3, -0.25) is 20.0 Å². The molecule has 3 aliphatic rings. The van der Waals surface area contributed by atoms with E-state index in [-0.39, 0.29) is 62.9 Å². The lowest BCUT2D eigenvalue weighted by Gasteiger charge is -2.59. The number of oxime groups is 1. The standard InChI is InChI=1S/C46H58N4O10/c1-5-22-49(45(53)56-4)42-28-40(48-59-29-32-16-18-35(19-17-32)50(54)55)38-26-33(13-7-9-23-51)37(15-8-10-24-52)43-39-27-36(57-30-34-14-11-12-31(3)47-34)20-21-41(39)60-46(42,44(38)43)58-25-6-2/h6,11-12,14,16-21,26-27,33,37,42-44,51-52H,2,5,7-10,13,15,22-25,28-30H2,1,3-4H3/t33-,37+,42-,43+,44+,46+/m0/s1. The fraction of sp³-hybridized carbons (Fsp3) is 0.500. The molecule has 2 aromatic carbocycles. The fourth-order valence-corrected chi connectivity index (χ4v) is 9.21. The molecular weight excluding hydrogens is 769 g/mol. The molecule has 322 valence electrons. The summed E-state index contributed by atoms with van der Waals surface area (Å²) in [6.07, 6.45) is 8.72. The lowest BCUT2D eigenvalue weighted by molar-refractivity contribution is -0.384. The van der Waals surface area contributed by atoms with E-state index in [0.29, 0.717) is 48.6 Å². The Morgan fingerprint density at radius 2 is 1.85 bits per heavy atom. The second-order valence-electron chi connectivity index (χ2n) is 15.7. The van der Waals surface area contributed by atoms with Gasteiger partial charge in [-0.05, 0) is 104 Å². The number of nitrogens with zero attached hydrogens (tertiary/aromatic N) is 4. The minimum atomic E-state index is -1.42. The van der Waals surface area contributed by atoms with Gasteiger partial charge in [0.05, 0.1) is 36.0 Å². The summed E-state index contributed by atoms with van der Waals surface area (Å²) in [7, 11) is 1.36. The summed E-state index contributed by atoms with van der Waals surface area (Å²) >= 11 is 0. The van der Waals surface area contributed by atoms with Gasteiger partial charge in [0.25, 0.3) is 5.69 Å². The number of nitro benzene ring substituents is 1. The van der Waals surface area contributed by atoms with E-state index in [9.17, 15) is 25.1 Å². The molecule has 1 aromatic heterocycles. The van der Waals surface area contributed by atoms with Crippen LogP contribution < -0.4 is 9.47 Å². The molecule has 0 unspecified atom stereocenters. The highest BCUT2D eigenvalue weighted by Crippen LogP contribution is 2.62. The topological polar surface area (TPSA) is 175 Å². The molecule has 6 rings (SSSR count). The van der Waals surface area contributed by atoms with Gasteiger partial charge in [-0.25, -0.2) is 4.79 Å².